The fourth-order valence-corrected chi connectivity index (χ4v) is 3.60. The second-order valence-corrected chi connectivity index (χ2v) is 7.88. The van der Waals surface area contributed by atoms with Crippen molar-refractivity contribution in [1.82, 2.24) is 9.55 Å². The zero-order chi connectivity index (χ0) is 22.5. The number of rotatable bonds is 8. The Balaban J connectivity index is 1.57. The van der Waals surface area contributed by atoms with Crippen molar-refractivity contribution in [2.75, 3.05) is 19.5 Å². The first-order valence-electron chi connectivity index (χ1n) is 9.92. The zero-order valence-electron chi connectivity index (χ0n) is 17.7. The quantitative estimate of drug-likeness (QED) is 0.370. The van der Waals surface area contributed by atoms with E-state index in [1.54, 1.807) is 32.4 Å². The van der Waals surface area contributed by atoms with Crippen molar-refractivity contribution in [1.29, 1.82) is 0 Å². The topological polar surface area (TPSA) is 74.6 Å². The molecule has 0 aliphatic heterocycles. The Morgan fingerprint density at radius 1 is 1.00 bits per heavy atom. The zero-order valence-corrected chi connectivity index (χ0v) is 19.3. The van der Waals surface area contributed by atoms with Crippen molar-refractivity contribution in [3.63, 3.8) is 0 Å². The molecule has 3 aromatic carbocycles. The molecule has 0 saturated carbocycles. The van der Waals surface area contributed by atoms with Gasteiger partial charge in [-0.2, -0.15) is 0 Å². The summed E-state index contributed by atoms with van der Waals surface area (Å²) in [6.45, 7) is 0.298. The second kappa shape index (κ2) is 9.74. The predicted octanol–water partition coefficient (Wildman–Crippen LogP) is 5.03. The smallest absolute Gasteiger partial charge is 0.244 e. The van der Waals surface area contributed by atoms with Gasteiger partial charge in [-0.25, -0.2) is 4.98 Å². The number of carbonyl (C=O) groups excluding carboxylic acids is 1. The summed E-state index contributed by atoms with van der Waals surface area (Å²) in [5.41, 5.74) is 2.19. The van der Waals surface area contributed by atoms with Crippen LogP contribution in [0.1, 0.15) is 5.82 Å². The monoisotopic (exact) mass is 495 g/mol. The van der Waals surface area contributed by atoms with Crippen LogP contribution in [0.15, 0.2) is 71.2 Å². The number of para-hydroxylation sites is 2. The number of benzene rings is 3. The summed E-state index contributed by atoms with van der Waals surface area (Å²) in [6, 6.07) is 20.5. The minimum Gasteiger partial charge on any atom is -0.497 e. The molecule has 4 rings (SSSR count). The van der Waals surface area contributed by atoms with Crippen molar-refractivity contribution in [3.05, 3.63) is 77.0 Å². The molecule has 164 valence electrons. The van der Waals surface area contributed by atoms with Crippen LogP contribution in [0.25, 0.3) is 11.0 Å². The molecular formula is C24H22BrN3O4. The normalized spacial score (nSPS) is 10.7. The molecule has 4 aromatic rings. The van der Waals surface area contributed by atoms with Crippen molar-refractivity contribution in [2.24, 2.45) is 0 Å². The Morgan fingerprint density at radius 3 is 2.50 bits per heavy atom. The van der Waals surface area contributed by atoms with Crippen molar-refractivity contribution in [3.8, 4) is 17.2 Å². The van der Waals surface area contributed by atoms with Gasteiger partial charge in [-0.15, -0.1) is 0 Å². The number of carbonyl (C=O) groups is 1. The van der Waals surface area contributed by atoms with E-state index in [1.807, 2.05) is 53.1 Å². The number of nitrogens with zero attached hydrogens (tertiary/aromatic N) is 2. The van der Waals surface area contributed by atoms with Gasteiger partial charge < -0.3 is 24.1 Å². The predicted molar refractivity (Wildman–Crippen MR) is 126 cm³/mol. The molecule has 0 saturated heterocycles. The van der Waals surface area contributed by atoms with Crippen molar-refractivity contribution >= 4 is 38.6 Å². The third-order valence-electron chi connectivity index (χ3n) is 4.90. The number of nitrogens with one attached hydrogen (secondary N) is 1. The molecule has 8 heteroatoms. The largest absolute Gasteiger partial charge is 0.497 e. The van der Waals surface area contributed by atoms with Crippen LogP contribution in [0.3, 0.4) is 0 Å². The third-order valence-corrected chi connectivity index (χ3v) is 5.43. The van der Waals surface area contributed by atoms with Gasteiger partial charge in [-0.1, -0.05) is 28.1 Å². The average molecular weight is 496 g/mol. The maximum Gasteiger partial charge on any atom is 0.244 e. The maximum atomic E-state index is 13.0. The standard InChI is InChI=1S/C24H22BrN3O4/c1-30-18-11-12-22(31-2)20(13-18)27-24(29)14-28-21-6-4-3-5-19(21)26-23(28)15-32-17-9-7-16(25)8-10-17/h3-13H,14-15H2,1-2H3,(H,27,29). The Morgan fingerprint density at radius 2 is 1.75 bits per heavy atom. The number of methoxy groups -OCH3 is 2. The molecule has 1 aromatic heterocycles. The van der Waals surface area contributed by atoms with Gasteiger partial charge in [0.05, 0.1) is 30.9 Å². The molecule has 7 nitrogen and oxygen atoms in total. The van der Waals surface area contributed by atoms with Crippen LogP contribution in [0.4, 0.5) is 5.69 Å². The van der Waals surface area contributed by atoms with Gasteiger partial charge in [0.2, 0.25) is 5.91 Å². The maximum absolute atomic E-state index is 13.0. The van der Waals surface area contributed by atoms with Crippen molar-refractivity contribution < 1.29 is 19.0 Å². The highest BCUT2D eigenvalue weighted by Gasteiger charge is 2.16. The summed E-state index contributed by atoms with van der Waals surface area (Å²) in [5.74, 6) is 2.33. The summed E-state index contributed by atoms with van der Waals surface area (Å²) in [5, 5.41) is 2.91. The Hall–Kier alpha value is -3.52. The first-order valence-corrected chi connectivity index (χ1v) is 10.7. The van der Waals surface area contributed by atoms with Gasteiger partial charge in [0, 0.05) is 10.5 Å². The number of halogens is 1. The number of imidazole rings is 1. The van der Waals surface area contributed by atoms with Crippen LogP contribution in [-0.2, 0) is 17.9 Å². The highest BCUT2D eigenvalue weighted by atomic mass is 79.9. The highest BCUT2D eigenvalue weighted by Crippen LogP contribution is 2.29. The lowest BCUT2D eigenvalue weighted by Gasteiger charge is -2.14. The molecule has 1 N–H and O–H groups in total. The lowest BCUT2D eigenvalue weighted by molar-refractivity contribution is -0.116. The van der Waals surface area contributed by atoms with Crippen LogP contribution in [-0.4, -0.2) is 29.7 Å². The minimum atomic E-state index is -0.218. The fourth-order valence-electron chi connectivity index (χ4n) is 3.34. The lowest BCUT2D eigenvalue weighted by Crippen LogP contribution is -2.21. The number of hydrogen-bond donors (Lipinski definition) is 1. The molecule has 0 unspecified atom stereocenters. The fraction of sp³-hybridized carbons (Fsp3) is 0.167. The van der Waals surface area contributed by atoms with E-state index >= 15 is 0 Å². The summed E-state index contributed by atoms with van der Waals surface area (Å²) in [6.07, 6.45) is 0. The van der Waals surface area contributed by atoms with Gasteiger partial charge in [0.15, 0.2) is 0 Å². The Labute approximate surface area is 194 Å². The highest BCUT2D eigenvalue weighted by molar-refractivity contribution is 9.10. The molecule has 0 spiro atoms. The Bertz CT molecular complexity index is 1240. The van der Waals surface area contributed by atoms with E-state index in [4.69, 9.17) is 14.2 Å². The van der Waals surface area contributed by atoms with Gasteiger partial charge in [0.25, 0.3) is 0 Å². The molecule has 0 atom stereocenters. The van der Waals surface area contributed by atoms with Crippen LogP contribution < -0.4 is 19.5 Å². The number of aromatic nitrogens is 2. The molecule has 0 bridgehead atoms. The first kappa shape index (κ1) is 21.7. The molecule has 1 amide bonds. The molecule has 1 heterocycles. The van der Waals surface area contributed by atoms with Gasteiger partial charge in [-0.3, -0.25) is 4.79 Å². The van der Waals surface area contributed by atoms with Crippen LogP contribution in [0.5, 0.6) is 17.2 Å². The number of hydrogen-bond acceptors (Lipinski definition) is 5. The van der Waals surface area contributed by atoms with Crippen LogP contribution >= 0.6 is 15.9 Å². The van der Waals surface area contributed by atoms with E-state index in [-0.39, 0.29) is 19.1 Å². The van der Waals surface area contributed by atoms with Crippen LogP contribution in [0.2, 0.25) is 0 Å². The van der Waals surface area contributed by atoms with E-state index < -0.39 is 0 Å². The average Bonchev–Trinajstić information content (AvgIpc) is 3.15. The first-order chi connectivity index (χ1) is 15.6. The summed E-state index contributed by atoms with van der Waals surface area (Å²) in [7, 11) is 3.13. The number of amides is 1. The molecule has 0 aliphatic carbocycles. The van der Waals surface area contributed by atoms with Gasteiger partial charge >= 0.3 is 0 Å². The van der Waals surface area contributed by atoms with E-state index in [0.29, 0.717) is 23.0 Å². The summed E-state index contributed by atoms with van der Waals surface area (Å²) < 4.78 is 19.4. The molecule has 0 aliphatic rings. The van der Waals surface area contributed by atoms with Gasteiger partial charge in [-0.05, 0) is 48.5 Å². The molecular weight excluding hydrogens is 474 g/mol. The lowest BCUT2D eigenvalue weighted by atomic mass is 10.2. The number of anilines is 1. The van der Waals surface area contributed by atoms with Crippen molar-refractivity contribution in [2.45, 2.75) is 13.2 Å². The SMILES string of the molecule is COc1ccc(OC)c(NC(=O)Cn2c(COc3ccc(Br)cc3)nc3ccccc32)c1. The molecule has 0 radical (unpaired) electrons. The van der Waals surface area contributed by atoms with Gasteiger partial charge in [0.1, 0.15) is 36.2 Å². The third kappa shape index (κ3) is 4.86. The van der Waals surface area contributed by atoms with E-state index in [9.17, 15) is 4.79 Å². The molecule has 0 fully saturated rings. The van der Waals surface area contributed by atoms with Crippen LogP contribution in [0, 0.1) is 0 Å². The van der Waals surface area contributed by atoms with E-state index in [0.717, 1.165) is 21.3 Å². The number of fused-ring (bicyclic) bond motifs is 1. The molecule has 32 heavy (non-hydrogen) atoms. The second-order valence-electron chi connectivity index (χ2n) is 6.96. The number of ether oxygens (including phenoxy) is 3. The summed E-state index contributed by atoms with van der Waals surface area (Å²) in [4.78, 5) is 17.6. The minimum absolute atomic E-state index is 0.0694. The van der Waals surface area contributed by atoms with E-state index in [2.05, 4.69) is 26.2 Å². The summed E-state index contributed by atoms with van der Waals surface area (Å²) >= 11 is 3.42. The van der Waals surface area contributed by atoms with E-state index in [1.165, 1.54) is 0 Å². The Kier molecular flexibility index (Phi) is 6.61.